The minimum atomic E-state index is -0.759. The number of carboxylic acids is 1. The number of ether oxygens (including phenoxy) is 1. The summed E-state index contributed by atoms with van der Waals surface area (Å²) in [6.45, 7) is 0.432. The maximum absolute atomic E-state index is 11.6. The zero-order valence-electron chi connectivity index (χ0n) is 11.5. The Balaban J connectivity index is 1.96. The third-order valence-corrected chi connectivity index (χ3v) is 4.41. The zero-order valence-corrected chi connectivity index (χ0v) is 11.5. The number of para-hydroxylation sites is 1. The Kier molecular flexibility index (Phi) is 2.70. The van der Waals surface area contributed by atoms with Crippen molar-refractivity contribution in [3.05, 3.63) is 47.3 Å². The van der Waals surface area contributed by atoms with Gasteiger partial charge in [0.1, 0.15) is 12.4 Å². The van der Waals surface area contributed by atoms with E-state index in [4.69, 9.17) is 4.74 Å². The lowest BCUT2D eigenvalue weighted by atomic mass is 9.80. The highest BCUT2D eigenvalue weighted by Crippen LogP contribution is 2.43. The van der Waals surface area contributed by atoms with Crippen LogP contribution >= 0.6 is 0 Å². The van der Waals surface area contributed by atoms with Crippen molar-refractivity contribution in [3.8, 4) is 16.9 Å². The number of nitrogens with zero attached hydrogens (tertiary/aromatic N) is 1. The van der Waals surface area contributed by atoms with Crippen LogP contribution in [0.4, 0.5) is 0 Å². The van der Waals surface area contributed by atoms with Crippen molar-refractivity contribution in [2.75, 3.05) is 0 Å². The quantitative estimate of drug-likeness (QED) is 0.872. The number of hydrogen-bond acceptors (Lipinski definition) is 3. The summed E-state index contributed by atoms with van der Waals surface area (Å²) in [6, 6.07) is 7.84. The molecule has 2 aliphatic rings. The van der Waals surface area contributed by atoms with Gasteiger partial charge in [-0.05, 0) is 30.9 Å². The van der Waals surface area contributed by atoms with Crippen molar-refractivity contribution in [3.63, 3.8) is 0 Å². The predicted molar refractivity (Wildman–Crippen MR) is 77.3 cm³/mol. The smallest absolute Gasteiger partial charge is 0.311 e. The summed E-state index contributed by atoms with van der Waals surface area (Å²) in [5.74, 6) is -0.371. The van der Waals surface area contributed by atoms with Gasteiger partial charge in [-0.25, -0.2) is 0 Å². The summed E-state index contributed by atoms with van der Waals surface area (Å²) in [5.41, 5.74) is 4.84. The molecule has 2 aromatic rings. The molecule has 1 atom stereocenters. The van der Waals surface area contributed by atoms with Crippen LogP contribution in [0, 0.1) is 0 Å². The van der Waals surface area contributed by atoms with Gasteiger partial charge in [-0.15, -0.1) is 0 Å². The van der Waals surface area contributed by atoms with Gasteiger partial charge in [-0.2, -0.15) is 0 Å². The summed E-state index contributed by atoms with van der Waals surface area (Å²) >= 11 is 0. The highest BCUT2D eigenvalue weighted by atomic mass is 16.5. The van der Waals surface area contributed by atoms with E-state index in [0.717, 1.165) is 46.5 Å². The average Bonchev–Trinajstić information content (AvgIpc) is 2.53. The number of hydrogen-bond donors (Lipinski definition) is 1. The van der Waals surface area contributed by atoms with Crippen LogP contribution in [0.2, 0.25) is 0 Å². The summed E-state index contributed by atoms with van der Waals surface area (Å²) in [7, 11) is 0. The molecular formula is C17H15NO3. The van der Waals surface area contributed by atoms with Gasteiger partial charge < -0.3 is 9.84 Å². The van der Waals surface area contributed by atoms with E-state index >= 15 is 0 Å². The molecular weight excluding hydrogens is 266 g/mol. The Morgan fingerprint density at radius 2 is 2.14 bits per heavy atom. The van der Waals surface area contributed by atoms with Crippen LogP contribution in [0.15, 0.2) is 30.5 Å². The molecule has 0 saturated carbocycles. The standard InChI is InChI=1S/C17H15NO3/c19-17(20)11-5-3-6-14-16(11)13-9-21-15-7-2-1-4-10(15)12(13)8-18-14/h1-2,4,7-8,11H,3,5-6,9H2,(H,19,20). The van der Waals surface area contributed by atoms with Crippen molar-refractivity contribution in [2.24, 2.45) is 0 Å². The Morgan fingerprint density at radius 1 is 1.29 bits per heavy atom. The fourth-order valence-electron chi connectivity index (χ4n) is 3.44. The maximum Gasteiger partial charge on any atom is 0.311 e. The highest BCUT2D eigenvalue weighted by Gasteiger charge is 2.32. The second-order valence-electron chi connectivity index (χ2n) is 5.58. The lowest BCUT2D eigenvalue weighted by molar-refractivity contribution is -0.139. The largest absolute Gasteiger partial charge is 0.488 e. The van der Waals surface area contributed by atoms with Crippen molar-refractivity contribution in [2.45, 2.75) is 31.8 Å². The number of carbonyl (C=O) groups is 1. The van der Waals surface area contributed by atoms with Crippen LogP contribution in [0.3, 0.4) is 0 Å². The number of fused-ring (bicyclic) bond motifs is 5. The first-order chi connectivity index (χ1) is 10.3. The number of rotatable bonds is 1. The number of pyridine rings is 1. The second kappa shape index (κ2) is 4.58. The summed E-state index contributed by atoms with van der Waals surface area (Å²) in [6.07, 6.45) is 4.29. The van der Waals surface area contributed by atoms with Gasteiger partial charge >= 0.3 is 5.97 Å². The highest BCUT2D eigenvalue weighted by molar-refractivity contribution is 5.81. The van der Waals surface area contributed by atoms with Gasteiger partial charge in [0.25, 0.3) is 0 Å². The minimum Gasteiger partial charge on any atom is -0.488 e. The molecule has 0 radical (unpaired) electrons. The summed E-state index contributed by atoms with van der Waals surface area (Å²) in [5, 5.41) is 9.51. The van der Waals surface area contributed by atoms with Crippen LogP contribution in [-0.2, 0) is 17.8 Å². The lowest BCUT2D eigenvalue weighted by Crippen LogP contribution is -2.23. The van der Waals surface area contributed by atoms with Gasteiger partial charge in [0, 0.05) is 28.6 Å². The van der Waals surface area contributed by atoms with E-state index in [-0.39, 0.29) is 0 Å². The predicted octanol–water partition coefficient (Wildman–Crippen LogP) is 3.15. The molecule has 0 fully saturated rings. The van der Waals surface area contributed by atoms with Crippen molar-refractivity contribution < 1.29 is 14.6 Å². The first kappa shape index (κ1) is 12.4. The van der Waals surface area contributed by atoms with E-state index in [2.05, 4.69) is 4.98 Å². The summed E-state index contributed by atoms with van der Waals surface area (Å²) < 4.78 is 5.82. The molecule has 4 heteroatoms. The van der Waals surface area contributed by atoms with Crippen molar-refractivity contribution in [1.82, 2.24) is 4.98 Å². The molecule has 0 spiro atoms. The zero-order chi connectivity index (χ0) is 14.4. The van der Waals surface area contributed by atoms with Gasteiger partial charge in [-0.3, -0.25) is 9.78 Å². The molecule has 4 nitrogen and oxygen atoms in total. The first-order valence-corrected chi connectivity index (χ1v) is 7.21. The molecule has 4 rings (SSSR count). The Morgan fingerprint density at radius 3 is 3.00 bits per heavy atom. The number of aryl methyl sites for hydroxylation is 1. The number of aliphatic carboxylic acids is 1. The topological polar surface area (TPSA) is 59.4 Å². The third-order valence-electron chi connectivity index (χ3n) is 4.41. The fourth-order valence-corrected chi connectivity index (χ4v) is 3.44. The number of benzene rings is 1. The monoisotopic (exact) mass is 281 g/mol. The minimum absolute atomic E-state index is 0.432. The Labute approximate surface area is 122 Å². The maximum atomic E-state index is 11.6. The van der Waals surface area contributed by atoms with Crippen LogP contribution < -0.4 is 4.74 Å². The Bertz CT molecular complexity index is 739. The number of carboxylic acid groups (broad SMARTS) is 1. The van der Waals surface area contributed by atoms with E-state index in [1.165, 1.54) is 0 Å². The molecule has 2 heterocycles. The Hall–Kier alpha value is -2.36. The normalized spacial score (nSPS) is 19.0. The molecule has 1 N–H and O–H groups in total. The summed E-state index contributed by atoms with van der Waals surface area (Å²) in [4.78, 5) is 16.1. The van der Waals surface area contributed by atoms with Crippen LogP contribution in [0.1, 0.15) is 35.6 Å². The van der Waals surface area contributed by atoms with Crippen molar-refractivity contribution in [1.29, 1.82) is 0 Å². The van der Waals surface area contributed by atoms with Gasteiger partial charge in [-0.1, -0.05) is 18.2 Å². The molecule has 0 saturated heterocycles. The van der Waals surface area contributed by atoms with Crippen LogP contribution in [0.25, 0.3) is 11.1 Å². The molecule has 0 bridgehead atoms. The van der Waals surface area contributed by atoms with Gasteiger partial charge in [0.05, 0.1) is 5.92 Å². The third kappa shape index (κ3) is 1.82. The molecule has 1 aliphatic heterocycles. The van der Waals surface area contributed by atoms with Crippen LogP contribution in [-0.4, -0.2) is 16.1 Å². The lowest BCUT2D eigenvalue weighted by Gasteiger charge is -2.29. The fraction of sp³-hybridized carbons (Fsp3) is 0.294. The van der Waals surface area contributed by atoms with Crippen molar-refractivity contribution >= 4 is 5.97 Å². The van der Waals surface area contributed by atoms with E-state index in [1.807, 2.05) is 30.5 Å². The average molecular weight is 281 g/mol. The SMILES string of the molecule is O=C(O)C1CCCc2ncc3c(c21)COc1ccccc1-3. The molecule has 1 aliphatic carbocycles. The molecule has 1 unspecified atom stereocenters. The van der Waals surface area contributed by atoms with E-state index < -0.39 is 11.9 Å². The van der Waals surface area contributed by atoms with E-state index in [9.17, 15) is 9.90 Å². The van der Waals surface area contributed by atoms with E-state index in [0.29, 0.717) is 13.0 Å². The van der Waals surface area contributed by atoms with E-state index in [1.54, 1.807) is 0 Å². The van der Waals surface area contributed by atoms with Gasteiger partial charge in [0.2, 0.25) is 0 Å². The molecule has 1 aromatic carbocycles. The molecule has 21 heavy (non-hydrogen) atoms. The second-order valence-corrected chi connectivity index (χ2v) is 5.58. The number of aromatic nitrogens is 1. The molecule has 106 valence electrons. The molecule has 1 aromatic heterocycles. The van der Waals surface area contributed by atoms with Crippen LogP contribution in [0.5, 0.6) is 5.75 Å². The molecule has 0 amide bonds. The van der Waals surface area contributed by atoms with Gasteiger partial charge in [0.15, 0.2) is 0 Å². The first-order valence-electron chi connectivity index (χ1n) is 7.21.